The maximum atomic E-state index is 12.3. The molecule has 2 aromatic carbocycles. The van der Waals surface area contributed by atoms with Gasteiger partial charge in [-0.25, -0.2) is 4.98 Å². The molecule has 0 spiro atoms. The van der Waals surface area contributed by atoms with Crippen LogP contribution >= 0.6 is 0 Å². The molecule has 0 fully saturated rings. The smallest absolute Gasteiger partial charge is 0.253 e. The van der Waals surface area contributed by atoms with Gasteiger partial charge in [0, 0.05) is 19.1 Å². The summed E-state index contributed by atoms with van der Waals surface area (Å²) in [6.45, 7) is 4.58. The van der Waals surface area contributed by atoms with E-state index in [9.17, 15) is 9.00 Å². The lowest BCUT2D eigenvalue weighted by Gasteiger charge is -2.14. The molecule has 1 aliphatic heterocycles. The van der Waals surface area contributed by atoms with Crippen molar-refractivity contribution in [3.05, 3.63) is 61.3 Å². The van der Waals surface area contributed by atoms with Crippen LogP contribution in [0.25, 0.3) is 0 Å². The summed E-state index contributed by atoms with van der Waals surface area (Å²) in [6.07, 6.45) is 4.29. The van der Waals surface area contributed by atoms with Crippen molar-refractivity contribution >= 4 is 45.5 Å². The highest BCUT2D eigenvalue weighted by molar-refractivity contribution is 7.84. The Hall–Kier alpha value is -3.96. The average Bonchev–Trinajstić information content (AvgIpc) is 3.30. The number of benzene rings is 2. The zero-order chi connectivity index (χ0) is 24.8. The summed E-state index contributed by atoms with van der Waals surface area (Å²) in [5.41, 5.74) is 1.94. The normalized spacial score (nSPS) is 12.9. The molecule has 182 valence electrons. The van der Waals surface area contributed by atoms with Crippen molar-refractivity contribution in [2.24, 2.45) is 0 Å². The second kappa shape index (κ2) is 11.0. The Labute approximate surface area is 205 Å². The van der Waals surface area contributed by atoms with Crippen LogP contribution in [0.2, 0.25) is 0 Å². The van der Waals surface area contributed by atoms with Crippen molar-refractivity contribution in [1.29, 1.82) is 0 Å². The second-order valence-corrected chi connectivity index (χ2v) is 8.72. The van der Waals surface area contributed by atoms with Crippen molar-refractivity contribution in [2.45, 2.75) is 4.90 Å². The number of aromatic nitrogens is 2. The highest BCUT2D eigenvalue weighted by Gasteiger charge is 2.27. The first-order valence-electron chi connectivity index (χ1n) is 10.7. The van der Waals surface area contributed by atoms with Gasteiger partial charge in [0.2, 0.25) is 5.95 Å². The van der Waals surface area contributed by atoms with E-state index >= 15 is 0 Å². The average molecular weight is 496 g/mol. The van der Waals surface area contributed by atoms with Gasteiger partial charge in [0.25, 0.3) is 5.91 Å². The maximum absolute atomic E-state index is 12.3. The van der Waals surface area contributed by atoms with Gasteiger partial charge in [0.05, 0.1) is 39.9 Å². The van der Waals surface area contributed by atoms with Gasteiger partial charge in [0.1, 0.15) is 12.4 Å². The minimum atomic E-state index is -1.35. The summed E-state index contributed by atoms with van der Waals surface area (Å²) in [4.78, 5) is 22.9. The van der Waals surface area contributed by atoms with E-state index in [0.29, 0.717) is 47.0 Å². The number of amides is 1. The van der Waals surface area contributed by atoms with Gasteiger partial charge in [-0.3, -0.25) is 13.9 Å². The van der Waals surface area contributed by atoms with Gasteiger partial charge < -0.3 is 24.8 Å². The SMILES string of the molecule is C=CC(=O)N1COc2c(Nc3nc(Nc4ccc(OCCOC)cc4)ncc3S(C)=O)cccc21. The standard InChI is InChI=1S/C24H25N5O5S/c1-4-21(30)29-15-34-22-18(6-5-7-19(22)29)27-23-20(35(3)31)14-25-24(28-23)26-16-8-10-17(11-9-16)33-13-12-32-2/h4-11,14H,1,12-13,15H2,2-3H3,(H2,25,26,27,28). The van der Waals surface area contributed by atoms with Crippen molar-refractivity contribution in [3.63, 3.8) is 0 Å². The molecule has 4 rings (SSSR count). The molecule has 1 atom stereocenters. The van der Waals surface area contributed by atoms with E-state index in [1.807, 2.05) is 24.3 Å². The Morgan fingerprint density at radius 3 is 2.74 bits per heavy atom. The lowest BCUT2D eigenvalue weighted by molar-refractivity contribution is -0.114. The van der Waals surface area contributed by atoms with E-state index in [2.05, 4.69) is 27.2 Å². The molecule has 0 saturated carbocycles. The molecule has 0 bridgehead atoms. The second-order valence-electron chi connectivity index (χ2n) is 7.37. The minimum absolute atomic E-state index is 0.0766. The summed E-state index contributed by atoms with van der Waals surface area (Å²) < 4.78 is 28.6. The predicted molar refractivity (Wildman–Crippen MR) is 134 cm³/mol. The topological polar surface area (TPSA) is 115 Å². The van der Waals surface area contributed by atoms with Crippen LogP contribution in [0.1, 0.15) is 0 Å². The van der Waals surface area contributed by atoms with E-state index in [1.54, 1.807) is 31.6 Å². The quantitative estimate of drug-likeness (QED) is 0.322. The molecule has 2 N–H and O–H groups in total. The molecule has 1 amide bonds. The first kappa shape index (κ1) is 24.2. The first-order valence-corrected chi connectivity index (χ1v) is 12.2. The first-order chi connectivity index (χ1) is 17.0. The number of fused-ring (bicyclic) bond motifs is 1. The molecule has 2 heterocycles. The van der Waals surface area contributed by atoms with Crippen LogP contribution in [0.5, 0.6) is 11.5 Å². The number of carbonyl (C=O) groups excluding carboxylic acids is 1. The number of para-hydroxylation sites is 1. The summed E-state index contributed by atoms with van der Waals surface area (Å²) in [5.74, 6) is 1.61. The zero-order valence-corrected chi connectivity index (χ0v) is 20.1. The molecule has 0 radical (unpaired) electrons. The van der Waals surface area contributed by atoms with E-state index in [4.69, 9.17) is 14.2 Å². The number of hydrogen-bond acceptors (Lipinski definition) is 9. The highest BCUT2D eigenvalue weighted by atomic mass is 32.2. The van der Waals surface area contributed by atoms with Crippen LogP contribution in [0.4, 0.5) is 28.8 Å². The lowest BCUT2D eigenvalue weighted by atomic mass is 10.2. The van der Waals surface area contributed by atoms with Crippen LogP contribution in [-0.4, -0.2) is 53.4 Å². The fourth-order valence-corrected chi connectivity index (χ4v) is 3.91. The van der Waals surface area contributed by atoms with E-state index in [0.717, 1.165) is 11.4 Å². The number of methoxy groups -OCH3 is 1. The number of anilines is 5. The third kappa shape index (κ3) is 5.58. The van der Waals surface area contributed by atoms with Crippen LogP contribution in [0, 0.1) is 0 Å². The van der Waals surface area contributed by atoms with E-state index < -0.39 is 10.8 Å². The number of nitrogens with one attached hydrogen (secondary N) is 2. The number of hydrogen-bond donors (Lipinski definition) is 2. The van der Waals surface area contributed by atoms with Crippen LogP contribution < -0.4 is 25.0 Å². The van der Waals surface area contributed by atoms with Crippen molar-refractivity contribution < 1.29 is 23.2 Å². The summed E-state index contributed by atoms with van der Waals surface area (Å²) in [5, 5.41) is 6.33. The predicted octanol–water partition coefficient (Wildman–Crippen LogP) is 3.60. The zero-order valence-electron chi connectivity index (χ0n) is 19.3. The monoisotopic (exact) mass is 495 g/mol. The molecule has 3 aromatic rings. The van der Waals surface area contributed by atoms with Crippen LogP contribution in [0.15, 0.2) is 66.2 Å². The van der Waals surface area contributed by atoms with Crippen molar-refractivity contribution in [1.82, 2.24) is 9.97 Å². The third-order valence-corrected chi connectivity index (χ3v) is 5.97. The minimum Gasteiger partial charge on any atom is -0.491 e. The molecule has 35 heavy (non-hydrogen) atoms. The molecular weight excluding hydrogens is 470 g/mol. The summed E-state index contributed by atoms with van der Waals surface area (Å²) >= 11 is 0. The van der Waals surface area contributed by atoms with Crippen LogP contribution in [-0.2, 0) is 20.3 Å². The molecule has 1 unspecified atom stereocenters. The molecule has 10 nitrogen and oxygen atoms in total. The van der Waals surface area contributed by atoms with Gasteiger partial charge in [-0.1, -0.05) is 12.6 Å². The molecular formula is C24H25N5O5S. The van der Waals surface area contributed by atoms with Gasteiger partial charge in [-0.15, -0.1) is 0 Å². The molecule has 0 saturated heterocycles. The summed E-state index contributed by atoms with van der Waals surface area (Å²) in [7, 11) is 0.270. The van der Waals surface area contributed by atoms with Crippen molar-refractivity contribution in [2.75, 3.05) is 48.8 Å². The van der Waals surface area contributed by atoms with Crippen LogP contribution in [0.3, 0.4) is 0 Å². The van der Waals surface area contributed by atoms with Gasteiger partial charge in [-0.2, -0.15) is 4.98 Å². The fraction of sp³-hybridized carbons (Fsp3) is 0.208. The molecule has 11 heteroatoms. The highest BCUT2D eigenvalue weighted by Crippen LogP contribution is 2.42. The Morgan fingerprint density at radius 2 is 2.03 bits per heavy atom. The fourth-order valence-electron chi connectivity index (χ4n) is 3.34. The molecule has 1 aromatic heterocycles. The number of carbonyl (C=O) groups is 1. The van der Waals surface area contributed by atoms with E-state index in [1.165, 1.54) is 17.2 Å². The summed E-state index contributed by atoms with van der Waals surface area (Å²) in [6, 6.07) is 12.7. The molecule has 1 aliphatic rings. The Balaban J connectivity index is 1.56. The Bertz CT molecular complexity index is 1250. The van der Waals surface area contributed by atoms with E-state index in [-0.39, 0.29) is 12.6 Å². The van der Waals surface area contributed by atoms with Gasteiger partial charge >= 0.3 is 0 Å². The molecule has 0 aliphatic carbocycles. The Morgan fingerprint density at radius 1 is 1.23 bits per heavy atom. The van der Waals surface area contributed by atoms with Gasteiger partial charge in [0.15, 0.2) is 18.3 Å². The number of ether oxygens (including phenoxy) is 3. The number of rotatable bonds is 10. The van der Waals surface area contributed by atoms with Crippen molar-refractivity contribution in [3.8, 4) is 11.5 Å². The largest absolute Gasteiger partial charge is 0.491 e. The van der Waals surface area contributed by atoms with Gasteiger partial charge in [-0.05, 0) is 42.5 Å². The number of nitrogens with zero attached hydrogens (tertiary/aromatic N) is 3. The maximum Gasteiger partial charge on any atom is 0.253 e. The third-order valence-electron chi connectivity index (χ3n) is 5.05. The lowest BCUT2D eigenvalue weighted by Crippen LogP contribution is -2.27. The Kier molecular flexibility index (Phi) is 7.58.